The summed E-state index contributed by atoms with van der Waals surface area (Å²) in [7, 11) is 0. The van der Waals surface area contributed by atoms with Gasteiger partial charge in [-0.15, -0.1) is 0 Å². The van der Waals surface area contributed by atoms with Gasteiger partial charge in [-0.05, 0) is 23.3 Å². The number of amides is 1. The maximum Gasteiger partial charge on any atom is 0.249 e. The van der Waals surface area contributed by atoms with E-state index in [4.69, 9.17) is 9.47 Å². The Labute approximate surface area is 130 Å². The van der Waals surface area contributed by atoms with E-state index in [1.54, 1.807) is 0 Å². The molecular formula is C18H19NO3. The molecule has 1 saturated heterocycles. The molecule has 4 nitrogen and oxygen atoms in total. The van der Waals surface area contributed by atoms with Gasteiger partial charge in [0.15, 0.2) is 0 Å². The molecule has 22 heavy (non-hydrogen) atoms. The van der Waals surface area contributed by atoms with Crippen LogP contribution in [0.2, 0.25) is 0 Å². The number of nitrogens with one attached hydrogen (secondary N) is 1. The van der Waals surface area contributed by atoms with E-state index in [1.165, 1.54) is 0 Å². The van der Waals surface area contributed by atoms with Gasteiger partial charge in [-0.2, -0.15) is 0 Å². The summed E-state index contributed by atoms with van der Waals surface area (Å²) in [6.07, 6.45) is 0.159. The first-order chi connectivity index (χ1) is 10.8. The third kappa shape index (κ3) is 3.86. The van der Waals surface area contributed by atoms with Crippen LogP contribution in [0.5, 0.6) is 5.75 Å². The van der Waals surface area contributed by atoms with Crippen LogP contribution in [-0.4, -0.2) is 25.2 Å². The molecule has 1 N–H and O–H groups in total. The Morgan fingerprint density at radius 2 is 1.91 bits per heavy atom. The number of hydrogen-bond acceptors (Lipinski definition) is 3. The topological polar surface area (TPSA) is 47.6 Å². The third-order valence-electron chi connectivity index (χ3n) is 3.58. The molecule has 4 heteroatoms. The van der Waals surface area contributed by atoms with Gasteiger partial charge in [-0.25, -0.2) is 0 Å². The quantitative estimate of drug-likeness (QED) is 0.921. The molecule has 0 unspecified atom stereocenters. The molecule has 0 spiro atoms. The molecule has 1 fully saturated rings. The van der Waals surface area contributed by atoms with Crippen LogP contribution in [0.3, 0.4) is 0 Å². The summed E-state index contributed by atoms with van der Waals surface area (Å²) in [4.78, 5) is 11.7. The predicted octanol–water partition coefficient (Wildman–Crippen LogP) is 2.32. The highest BCUT2D eigenvalue weighted by molar-refractivity contribution is 5.81. The monoisotopic (exact) mass is 297 g/mol. The summed E-state index contributed by atoms with van der Waals surface area (Å²) in [5.41, 5.74) is 2.16. The first-order valence-corrected chi connectivity index (χ1v) is 7.46. The third-order valence-corrected chi connectivity index (χ3v) is 3.58. The lowest BCUT2D eigenvalue weighted by Gasteiger charge is -2.22. The fourth-order valence-corrected chi connectivity index (χ4v) is 2.43. The van der Waals surface area contributed by atoms with Gasteiger partial charge in [0.05, 0.1) is 6.61 Å². The summed E-state index contributed by atoms with van der Waals surface area (Å²) in [6, 6.07) is 17.9. The minimum absolute atomic E-state index is 0.0399. The number of morpholine rings is 1. The van der Waals surface area contributed by atoms with Gasteiger partial charge in [-0.3, -0.25) is 4.79 Å². The van der Waals surface area contributed by atoms with Gasteiger partial charge < -0.3 is 14.8 Å². The lowest BCUT2D eigenvalue weighted by atomic mass is 10.1. The molecule has 1 atom stereocenters. The molecule has 2 aromatic carbocycles. The van der Waals surface area contributed by atoms with Crippen LogP contribution in [-0.2, 0) is 22.6 Å². The van der Waals surface area contributed by atoms with E-state index in [2.05, 4.69) is 5.32 Å². The second-order valence-electron chi connectivity index (χ2n) is 5.28. The largest absolute Gasteiger partial charge is 0.489 e. The van der Waals surface area contributed by atoms with Gasteiger partial charge >= 0.3 is 0 Å². The van der Waals surface area contributed by atoms with Crippen molar-refractivity contribution in [3.8, 4) is 5.75 Å². The lowest BCUT2D eigenvalue weighted by molar-refractivity contribution is -0.137. The minimum Gasteiger partial charge on any atom is -0.489 e. The first kappa shape index (κ1) is 14.6. The van der Waals surface area contributed by atoms with E-state index >= 15 is 0 Å². The minimum atomic E-state index is -0.405. The number of hydrogen-bond donors (Lipinski definition) is 1. The van der Waals surface area contributed by atoms with Crippen LogP contribution < -0.4 is 10.1 Å². The first-order valence-electron chi connectivity index (χ1n) is 7.46. The van der Waals surface area contributed by atoms with E-state index in [0.29, 0.717) is 26.2 Å². The molecule has 0 saturated carbocycles. The summed E-state index contributed by atoms with van der Waals surface area (Å²) in [5.74, 6) is 0.763. The molecule has 1 aliphatic heterocycles. The van der Waals surface area contributed by atoms with Gasteiger partial charge in [0.1, 0.15) is 18.5 Å². The number of rotatable bonds is 5. The molecule has 1 amide bonds. The average Bonchev–Trinajstić information content (AvgIpc) is 2.57. The van der Waals surface area contributed by atoms with Crippen molar-refractivity contribution in [2.24, 2.45) is 0 Å². The molecule has 2 aromatic rings. The molecule has 0 bridgehead atoms. The zero-order valence-electron chi connectivity index (χ0n) is 12.3. The maximum absolute atomic E-state index is 11.7. The zero-order chi connectivity index (χ0) is 15.2. The van der Waals surface area contributed by atoms with Crippen molar-refractivity contribution in [3.63, 3.8) is 0 Å². The fourth-order valence-electron chi connectivity index (χ4n) is 2.43. The van der Waals surface area contributed by atoms with E-state index < -0.39 is 6.10 Å². The summed E-state index contributed by atoms with van der Waals surface area (Å²) in [6.45, 7) is 1.70. The van der Waals surface area contributed by atoms with Crippen molar-refractivity contribution < 1.29 is 14.3 Å². The highest BCUT2D eigenvalue weighted by Crippen LogP contribution is 2.17. The van der Waals surface area contributed by atoms with Gasteiger partial charge in [0.2, 0.25) is 5.91 Å². The Morgan fingerprint density at radius 1 is 1.09 bits per heavy atom. The molecule has 114 valence electrons. The van der Waals surface area contributed by atoms with Gasteiger partial charge in [0, 0.05) is 13.0 Å². The summed E-state index contributed by atoms with van der Waals surface area (Å²) in [5, 5.41) is 2.82. The van der Waals surface area contributed by atoms with Crippen LogP contribution in [0.15, 0.2) is 54.6 Å². The molecular weight excluding hydrogens is 278 g/mol. The van der Waals surface area contributed by atoms with Crippen LogP contribution in [0.1, 0.15) is 11.1 Å². The van der Waals surface area contributed by atoms with Crippen molar-refractivity contribution in [1.29, 1.82) is 0 Å². The second kappa shape index (κ2) is 7.09. The average molecular weight is 297 g/mol. The van der Waals surface area contributed by atoms with Gasteiger partial charge in [0.25, 0.3) is 0 Å². The number of benzene rings is 2. The SMILES string of the molecule is O=C1NCCO[C@H]1Cc1cccc(OCc2ccccc2)c1. The normalized spacial score (nSPS) is 17.8. The van der Waals surface area contributed by atoms with Crippen LogP contribution in [0, 0.1) is 0 Å². The molecule has 0 aromatic heterocycles. The van der Waals surface area contributed by atoms with Crippen molar-refractivity contribution >= 4 is 5.91 Å². The number of ether oxygens (including phenoxy) is 2. The predicted molar refractivity (Wildman–Crippen MR) is 83.7 cm³/mol. The highest BCUT2D eigenvalue weighted by Gasteiger charge is 2.22. The second-order valence-corrected chi connectivity index (χ2v) is 5.28. The molecule has 1 aliphatic rings. The van der Waals surface area contributed by atoms with E-state index in [0.717, 1.165) is 16.9 Å². The van der Waals surface area contributed by atoms with Crippen LogP contribution in [0.25, 0.3) is 0 Å². The van der Waals surface area contributed by atoms with Crippen molar-refractivity contribution in [3.05, 3.63) is 65.7 Å². The molecule has 0 radical (unpaired) electrons. The maximum atomic E-state index is 11.7. The highest BCUT2D eigenvalue weighted by atomic mass is 16.5. The molecule has 3 rings (SSSR count). The van der Waals surface area contributed by atoms with Crippen LogP contribution in [0.4, 0.5) is 0 Å². The Hall–Kier alpha value is -2.33. The summed E-state index contributed by atoms with van der Waals surface area (Å²) < 4.78 is 11.3. The number of carbonyl (C=O) groups excluding carboxylic acids is 1. The zero-order valence-corrected chi connectivity index (χ0v) is 12.3. The van der Waals surface area contributed by atoms with Crippen molar-refractivity contribution in [2.75, 3.05) is 13.2 Å². The van der Waals surface area contributed by atoms with E-state index in [1.807, 2.05) is 54.6 Å². The molecule has 0 aliphatic carbocycles. The Balaban J connectivity index is 1.61. The lowest BCUT2D eigenvalue weighted by Crippen LogP contribution is -2.45. The van der Waals surface area contributed by atoms with Gasteiger partial charge in [-0.1, -0.05) is 42.5 Å². The standard InChI is InChI=1S/C18H19NO3/c20-18-17(21-10-9-19-18)12-15-7-4-8-16(11-15)22-13-14-5-2-1-3-6-14/h1-8,11,17H,9-10,12-13H2,(H,19,20)/t17-/m0/s1. The Morgan fingerprint density at radius 3 is 2.73 bits per heavy atom. The Kier molecular flexibility index (Phi) is 4.71. The Bertz CT molecular complexity index is 627. The molecule has 1 heterocycles. The number of carbonyl (C=O) groups is 1. The van der Waals surface area contributed by atoms with Crippen molar-refractivity contribution in [2.45, 2.75) is 19.1 Å². The van der Waals surface area contributed by atoms with E-state index in [-0.39, 0.29) is 5.91 Å². The fraction of sp³-hybridized carbons (Fsp3) is 0.278. The summed E-state index contributed by atoms with van der Waals surface area (Å²) >= 11 is 0. The van der Waals surface area contributed by atoms with E-state index in [9.17, 15) is 4.79 Å². The van der Waals surface area contributed by atoms with Crippen LogP contribution >= 0.6 is 0 Å². The smallest absolute Gasteiger partial charge is 0.249 e. The van der Waals surface area contributed by atoms with Crippen molar-refractivity contribution in [1.82, 2.24) is 5.32 Å².